The van der Waals surface area contributed by atoms with Crippen LogP contribution in [0.2, 0.25) is 0 Å². The fraction of sp³-hybridized carbons (Fsp3) is 0.897. The average molecular weight is 1040 g/mol. The van der Waals surface area contributed by atoms with Crippen molar-refractivity contribution < 1.29 is 28.6 Å². The van der Waals surface area contributed by atoms with Gasteiger partial charge in [0.1, 0.15) is 13.2 Å². The molecule has 0 radical (unpaired) electrons. The van der Waals surface area contributed by atoms with Gasteiger partial charge in [-0.05, 0) is 70.6 Å². The van der Waals surface area contributed by atoms with Gasteiger partial charge in [0.2, 0.25) is 0 Å². The first kappa shape index (κ1) is 71.9. The van der Waals surface area contributed by atoms with Crippen LogP contribution in [0.25, 0.3) is 0 Å². The first-order chi connectivity index (χ1) is 36.5. The van der Waals surface area contributed by atoms with Crippen LogP contribution in [0.5, 0.6) is 0 Å². The van der Waals surface area contributed by atoms with E-state index in [1.54, 1.807) is 0 Å². The van der Waals surface area contributed by atoms with E-state index in [0.717, 1.165) is 70.6 Å². The predicted molar refractivity (Wildman–Crippen MR) is 321 cm³/mol. The molecule has 0 rings (SSSR count). The zero-order valence-corrected chi connectivity index (χ0v) is 50.1. The van der Waals surface area contributed by atoms with E-state index in [4.69, 9.17) is 14.2 Å². The van der Waals surface area contributed by atoms with E-state index in [1.165, 1.54) is 263 Å². The second-order valence-electron chi connectivity index (χ2n) is 22.7. The molecule has 1 unspecified atom stereocenters. The third kappa shape index (κ3) is 60.8. The van der Waals surface area contributed by atoms with E-state index in [2.05, 4.69) is 45.1 Å². The van der Waals surface area contributed by atoms with Crippen molar-refractivity contribution in [2.75, 3.05) is 13.2 Å². The molecule has 0 aromatic carbocycles. The van der Waals surface area contributed by atoms with Crippen molar-refractivity contribution in [2.24, 2.45) is 0 Å². The number of esters is 3. The number of hydrogen-bond donors (Lipinski definition) is 0. The van der Waals surface area contributed by atoms with Crippen LogP contribution in [0.4, 0.5) is 0 Å². The Labute approximate surface area is 462 Å². The summed E-state index contributed by atoms with van der Waals surface area (Å²) in [7, 11) is 0. The fourth-order valence-corrected chi connectivity index (χ4v) is 10.1. The summed E-state index contributed by atoms with van der Waals surface area (Å²) in [4.78, 5) is 38.3. The molecule has 1 atom stereocenters. The lowest BCUT2D eigenvalue weighted by Crippen LogP contribution is -2.30. The Morgan fingerprint density at radius 3 is 0.676 bits per heavy atom. The highest BCUT2D eigenvalue weighted by molar-refractivity contribution is 5.71. The highest BCUT2D eigenvalue weighted by Crippen LogP contribution is 2.18. The van der Waals surface area contributed by atoms with Crippen LogP contribution >= 0.6 is 0 Å². The lowest BCUT2D eigenvalue weighted by Gasteiger charge is -2.18. The fourth-order valence-electron chi connectivity index (χ4n) is 10.1. The van der Waals surface area contributed by atoms with Crippen molar-refractivity contribution in [3.8, 4) is 0 Å². The van der Waals surface area contributed by atoms with E-state index in [-0.39, 0.29) is 31.1 Å². The van der Waals surface area contributed by atoms with Gasteiger partial charge in [-0.3, -0.25) is 14.4 Å². The highest BCUT2D eigenvalue weighted by Gasteiger charge is 2.19. The monoisotopic (exact) mass is 1040 g/mol. The maximum Gasteiger partial charge on any atom is 0.306 e. The van der Waals surface area contributed by atoms with Crippen LogP contribution in [-0.4, -0.2) is 37.2 Å². The van der Waals surface area contributed by atoms with Crippen LogP contribution in [0.3, 0.4) is 0 Å². The Hall–Kier alpha value is -2.11. The van der Waals surface area contributed by atoms with Gasteiger partial charge in [-0.2, -0.15) is 0 Å². The number of ether oxygens (including phenoxy) is 3. The van der Waals surface area contributed by atoms with Gasteiger partial charge in [0, 0.05) is 19.3 Å². The third-order valence-corrected chi connectivity index (χ3v) is 15.2. The number of carbonyl (C=O) groups excluding carboxylic acids is 3. The molecule has 0 aromatic heterocycles. The van der Waals surface area contributed by atoms with E-state index >= 15 is 0 Å². The molecule has 0 saturated heterocycles. The van der Waals surface area contributed by atoms with Crippen molar-refractivity contribution in [3.63, 3.8) is 0 Å². The summed E-state index contributed by atoms with van der Waals surface area (Å²) in [5.41, 5.74) is 0. The maximum absolute atomic E-state index is 12.9. The first-order valence-electron chi connectivity index (χ1n) is 33.3. The first-order valence-corrected chi connectivity index (χ1v) is 33.3. The minimum atomic E-state index is -0.776. The van der Waals surface area contributed by atoms with Gasteiger partial charge >= 0.3 is 17.9 Å². The number of unbranched alkanes of at least 4 members (excludes halogenated alkanes) is 47. The van der Waals surface area contributed by atoms with E-state index < -0.39 is 6.10 Å². The molecule has 6 nitrogen and oxygen atoms in total. The molecule has 0 aliphatic rings. The summed E-state index contributed by atoms with van der Waals surface area (Å²) in [6, 6.07) is 0. The lowest BCUT2D eigenvalue weighted by molar-refractivity contribution is -0.167. The van der Waals surface area contributed by atoms with Gasteiger partial charge in [0.05, 0.1) is 0 Å². The van der Waals surface area contributed by atoms with Crippen LogP contribution in [0.1, 0.15) is 374 Å². The second kappa shape index (κ2) is 63.4. The maximum atomic E-state index is 12.9. The van der Waals surface area contributed by atoms with Gasteiger partial charge in [0.15, 0.2) is 6.10 Å². The normalized spacial score (nSPS) is 12.1. The summed E-state index contributed by atoms with van der Waals surface area (Å²) < 4.78 is 16.9. The van der Waals surface area contributed by atoms with Crippen molar-refractivity contribution in [1.82, 2.24) is 0 Å². The number of hydrogen-bond acceptors (Lipinski definition) is 6. The molecule has 0 spiro atoms. The minimum absolute atomic E-state index is 0.0724. The van der Waals surface area contributed by atoms with Gasteiger partial charge in [-0.15, -0.1) is 0 Å². The molecule has 0 aromatic rings. The Balaban J connectivity index is 4.19. The van der Waals surface area contributed by atoms with Crippen LogP contribution in [-0.2, 0) is 28.6 Å². The lowest BCUT2D eigenvalue weighted by atomic mass is 10.0. The Morgan fingerprint density at radius 2 is 0.446 bits per heavy atom. The molecule has 0 fully saturated rings. The summed E-state index contributed by atoms with van der Waals surface area (Å²) in [6.07, 6.45) is 76.3. The molecular formula is C68H128O6. The molecule has 0 heterocycles. The molecule has 74 heavy (non-hydrogen) atoms. The zero-order chi connectivity index (χ0) is 53.6. The molecule has 0 saturated carbocycles. The number of rotatable bonds is 62. The Kier molecular flexibility index (Phi) is 61.6. The van der Waals surface area contributed by atoms with Crippen molar-refractivity contribution >= 4 is 17.9 Å². The second-order valence-corrected chi connectivity index (χ2v) is 22.7. The molecule has 0 amide bonds. The van der Waals surface area contributed by atoms with E-state index in [1.807, 2.05) is 0 Å². The van der Waals surface area contributed by atoms with Gasteiger partial charge in [0.25, 0.3) is 0 Å². The van der Waals surface area contributed by atoms with Gasteiger partial charge < -0.3 is 14.2 Å². The smallest absolute Gasteiger partial charge is 0.306 e. The summed E-state index contributed by atoms with van der Waals surface area (Å²) in [5, 5.41) is 0. The summed E-state index contributed by atoms with van der Waals surface area (Å²) >= 11 is 0. The van der Waals surface area contributed by atoms with E-state index in [0.29, 0.717) is 19.3 Å². The van der Waals surface area contributed by atoms with Crippen molar-refractivity contribution in [3.05, 3.63) is 24.3 Å². The Bertz CT molecular complexity index is 1190. The van der Waals surface area contributed by atoms with Crippen LogP contribution < -0.4 is 0 Å². The molecule has 0 bridgehead atoms. The average Bonchev–Trinajstić information content (AvgIpc) is 3.40. The van der Waals surface area contributed by atoms with Gasteiger partial charge in [-0.25, -0.2) is 0 Å². The molecular weight excluding hydrogens is 913 g/mol. The molecule has 6 heteroatoms. The minimum Gasteiger partial charge on any atom is -0.462 e. The molecule has 0 aliphatic carbocycles. The van der Waals surface area contributed by atoms with E-state index in [9.17, 15) is 14.4 Å². The number of allylic oxidation sites excluding steroid dienone is 4. The topological polar surface area (TPSA) is 78.9 Å². The van der Waals surface area contributed by atoms with Crippen molar-refractivity contribution in [1.29, 1.82) is 0 Å². The highest BCUT2D eigenvalue weighted by atomic mass is 16.6. The largest absolute Gasteiger partial charge is 0.462 e. The summed E-state index contributed by atoms with van der Waals surface area (Å²) in [6.45, 7) is 6.68. The molecule has 436 valence electrons. The molecule has 0 aliphatic heterocycles. The number of carbonyl (C=O) groups is 3. The summed E-state index contributed by atoms with van der Waals surface area (Å²) in [5.74, 6) is -0.864. The van der Waals surface area contributed by atoms with Crippen LogP contribution in [0.15, 0.2) is 24.3 Å². The molecule has 0 N–H and O–H groups in total. The zero-order valence-electron chi connectivity index (χ0n) is 50.1. The van der Waals surface area contributed by atoms with Crippen molar-refractivity contribution in [2.45, 2.75) is 380 Å². The SMILES string of the molecule is CCCCCCC/C=C\CCCCCCCC(=O)OCC(COC(=O)CCCCCCCCCCCCCCCCCCCCCCCCCCCCC)OC(=O)CCCCCCC/C=C\CCCCCCCC. The standard InChI is InChI=1S/C68H128O6/c1-4-7-10-13-16-19-22-25-28-29-30-31-32-33-34-35-36-37-38-39-41-43-46-49-52-55-58-61-67(70)73-64-65(63-72-66(69)60-57-54-51-48-45-42-27-24-21-18-15-12-9-6-3)74-68(71)62-59-56-53-50-47-44-40-26-23-20-17-14-11-8-5-2/h24,26-27,40,65H,4-23,25,28-39,41-64H2,1-3H3/b27-24-,40-26-. The Morgan fingerprint density at radius 1 is 0.257 bits per heavy atom. The quantitative estimate of drug-likeness (QED) is 0.0261. The van der Waals surface area contributed by atoms with Gasteiger partial charge in [-0.1, -0.05) is 308 Å². The third-order valence-electron chi connectivity index (χ3n) is 15.2. The predicted octanol–water partition coefficient (Wildman–Crippen LogP) is 22.6. The van der Waals surface area contributed by atoms with Crippen LogP contribution in [0, 0.1) is 0 Å².